The van der Waals surface area contributed by atoms with Gasteiger partial charge < -0.3 is 10.8 Å². The van der Waals surface area contributed by atoms with Gasteiger partial charge in [-0.05, 0) is 60.0 Å². The van der Waals surface area contributed by atoms with E-state index in [0.29, 0.717) is 16.6 Å². The summed E-state index contributed by atoms with van der Waals surface area (Å²) in [6, 6.07) is 18.9. The minimum absolute atomic E-state index is 0.0470. The largest absolute Gasteiger partial charge is 0.505 e. The number of azo groups is 2. The molecule has 0 atom stereocenters. The van der Waals surface area contributed by atoms with E-state index in [9.17, 15) is 31.0 Å². The Bertz CT molecular complexity index is 2200. The molecule has 0 aliphatic rings. The number of aryl methyl sites for hydroxylation is 2. The Morgan fingerprint density at radius 1 is 0.667 bits per heavy atom. The predicted octanol–water partition coefficient (Wildman–Crippen LogP) is 7.22. The molecule has 14 heteroatoms. The van der Waals surface area contributed by atoms with Crippen LogP contribution in [0.3, 0.4) is 0 Å². The van der Waals surface area contributed by atoms with E-state index in [1.165, 1.54) is 18.2 Å². The van der Waals surface area contributed by atoms with Crippen LogP contribution in [0.1, 0.15) is 11.1 Å². The average molecular weight is 606 g/mol. The molecule has 0 fully saturated rings. The maximum absolute atomic E-state index is 12.3. The average Bonchev–Trinajstić information content (AvgIpc) is 2.91. The number of nitrogens with two attached hydrogens (primary N) is 1. The van der Waals surface area contributed by atoms with Crippen molar-refractivity contribution in [3.05, 3.63) is 83.9 Å². The number of phenols is 1. The number of anilines is 1. The summed E-state index contributed by atoms with van der Waals surface area (Å²) in [5.74, 6) is -0.505. The number of hydrogen-bond donors (Lipinski definition) is 4. The zero-order valence-corrected chi connectivity index (χ0v) is 23.7. The van der Waals surface area contributed by atoms with Gasteiger partial charge in [0.05, 0.1) is 16.8 Å². The van der Waals surface area contributed by atoms with Gasteiger partial charge in [-0.1, -0.05) is 48.5 Å². The molecule has 0 radical (unpaired) electrons. The van der Waals surface area contributed by atoms with E-state index in [-0.39, 0.29) is 33.2 Å². The first-order valence-electron chi connectivity index (χ1n) is 12.2. The molecule has 0 aliphatic carbocycles. The molecule has 0 bridgehead atoms. The van der Waals surface area contributed by atoms with Crippen LogP contribution in [0.4, 0.5) is 28.4 Å². The molecule has 0 aliphatic heterocycles. The quantitative estimate of drug-likeness (QED) is 0.0880. The molecule has 5 rings (SSSR count). The highest BCUT2D eigenvalue weighted by Crippen LogP contribution is 2.47. The zero-order chi connectivity index (χ0) is 30.4. The number of nitrogens with zero attached hydrogens (tertiary/aromatic N) is 4. The van der Waals surface area contributed by atoms with E-state index in [1.54, 1.807) is 62.4 Å². The highest BCUT2D eigenvalue weighted by molar-refractivity contribution is 7.86. The van der Waals surface area contributed by atoms with Gasteiger partial charge in [0, 0.05) is 5.39 Å². The van der Waals surface area contributed by atoms with Crippen molar-refractivity contribution in [3.63, 3.8) is 0 Å². The van der Waals surface area contributed by atoms with Gasteiger partial charge in [0.25, 0.3) is 20.2 Å². The van der Waals surface area contributed by atoms with Gasteiger partial charge in [-0.25, -0.2) is 0 Å². The van der Waals surface area contributed by atoms with E-state index >= 15 is 0 Å². The Labute approximate surface area is 240 Å². The Balaban J connectivity index is 1.72. The lowest BCUT2D eigenvalue weighted by Crippen LogP contribution is -2.02. The third-order valence-corrected chi connectivity index (χ3v) is 8.38. The van der Waals surface area contributed by atoms with Gasteiger partial charge >= 0.3 is 0 Å². The summed E-state index contributed by atoms with van der Waals surface area (Å²) in [4.78, 5) is -1.08. The normalized spacial score (nSPS) is 12.7. The molecule has 0 spiro atoms. The summed E-state index contributed by atoms with van der Waals surface area (Å²) in [5, 5.41) is 28.3. The first-order valence-corrected chi connectivity index (χ1v) is 15.1. The second-order valence-corrected chi connectivity index (χ2v) is 12.1. The number of fused-ring (bicyclic) bond motifs is 2. The first-order chi connectivity index (χ1) is 19.8. The summed E-state index contributed by atoms with van der Waals surface area (Å²) in [6.07, 6.45) is 0. The molecule has 0 heterocycles. The Morgan fingerprint density at radius 3 is 2.00 bits per heavy atom. The maximum Gasteiger partial charge on any atom is 0.297 e. The molecular weight excluding hydrogens is 582 g/mol. The summed E-state index contributed by atoms with van der Waals surface area (Å²) in [7, 11) is -9.54. The second-order valence-electron chi connectivity index (χ2n) is 9.40. The number of benzene rings is 5. The third kappa shape index (κ3) is 5.31. The molecule has 5 aromatic rings. The van der Waals surface area contributed by atoms with Gasteiger partial charge in [-0.15, -0.1) is 15.3 Å². The lowest BCUT2D eigenvalue weighted by molar-refractivity contribution is 0.480. The molecule has 0 aromatic heterocycles. The number of phenolic OH excluding ortho intramolecular Hbond substituents is 1. The summed E-state index contributed by atoms with van der Waals surface area (Å²) in [6.45, 7) is 3.32. The molecule has 5 N–H and O–H groups in total. The third-order valence-electron chi connectivity index (χ3n) is 6.57. The fourth-order valence-electron chi connectivity index (χ4n) is 4.56. The molecule has 214 valence electrons. The molecule has 42 heavy (non-hydrogen) atoms. The molecule has 0 amide bonds. The summed E-state index contributed by atoms with van der Waals surface area (Å²) >= 11 is 0. The number of nitrogen functional groups attached to an aromatic ring is 1. The summed E-state index contributed by atoms with van der Waals surface area (Å²) in [5.41, 5.74) is 6.79. The highest BCUT2D eigenvalue weighted by atomic mass is 32.2. The van der Waals surface area contributed by atoms with Crippen molar-refractivity contribution in [2.45, 2.75) is 23.6 Å². The van der Waals surface area contributed by atoms with E-state index in [0.717, 1.165) is 11.6 Å². The van der Waals surface area contributed by atoms with Crippen molar-refractivity contribution in [1.29, 1.82) is 0 Å². The second kappa shape index (κ2) is 10.6. The lowest BCUT2D eigenvalue weighted by atomic mass is 10.0. The molecule has 5 aromatic carbocycles. The van der Waals surface area contributed by atoms with Gasteiger partial charge in [-0.3, -0.25) is 9.11 Å². The zero-order valence-electron chi connectivity index (χ0n) is 22.1. The van der Waals surface area contributed by atoms with E-state index in [4.69, 9.17) is 5.73 Å². The van der Waals surface area contributed by atoms with Crippen molar-refractivity contribution in [2.75, 3.05) is 5.73 Å². The number of hydrogen-bond acceptors (Lipinski definition) is 10. The topological polar surface area (TPSA) is 204 Å². The van der Waals surface area contributed by atoms with Crippen molar-refractivity contribution < 1.29 is 31.0 Å². The minimum Gasteiger partial charge on any atom is -0.505 e. The molecule has 0 unspecified atom stereocenters. The van der Waals surface area contributed by atoms with Gasteiger partial charge in [0.15, 0.2) is 5.75 Å². The fraction of sp³-hybridized carbons (Fsp3) is 0.0714. The first kappa shape index (κ1) is 28.8. The van der Waals surface area contributed by atoms with E-state index in [2.05, 4.69) is 20.5 Å². The van der Waals surface area contributed by atoms with Crippen molar-refractivity contribution in [1.82, 2.24) is 0 Å². The Kier molecular flexibility index (Phi) is 7.24. The van der Waals surface area contributed by atoms with E-state index in [1.807, 2.05) is 0 Å². The predicted molar refractivity (Wildman–Crippen MR) is 158 cm³/mol. The van der Waals surface area contributed by atoms with Gasteiger partial charge in [0.1, 0.15) is 26.9 Å². The van der Waals surface area contributed by atoms with Crippen molar-refractivity contribution in [3.8, 4) is 5.75 Å². The number of aromatic hydroxyl groups is 1. The number of rotatable bonds is 6. The van der Waals surface area contributed by atoms with Crippen LogP contribution in [0.5, 0.6) is 5.75 Å². The van der Waals surface area contributed by atoms with Crippen LogP contribution in [0.15, 0.2) is 103 Å². The van der Waals surface area contributed by atoms with Gasteiger partial charge in [0.2, 0.25) is 0 Å². The Morgan fingerprint density at radius 2 is 1.31 bits per heavy atom. The monoisotopic (exact) mass is 605 g/mol. The standard InChI is InChI=1S/C28H23N5O7S2/c1-15-7-3-6-10-20(15)30-33-26-22(41(35,36)37)14-18-13-16(2)25(27(34)23(18)24(26)29)32-31-21-12-11-17-8-4-5-9-19(17)28(21)42(38,39)40/h3-14,34H,29H2,1-2H3,(H,35,36,37)(H,38,39,40). The minimum atomic E-state index is -4.82. The van der Waals surface area contributed by atoms with Crippen molar-refractivity contribution >= 4 is 70.2 Å². The maximum atomic E-state index is 12.3. The smallest absolute Gasteiger partial charge is 0.297 e. The molecule has 0 saturated heterocycles. The van der Waals surface area contributed by atoms with Crippen molar-refractivity contribution in [2.24, 2.45) is 20.5 Å². The fourth-order valence-corrected chi connectivity index (χ4v) is 6.07. The van der Waals surface area contributed by atoms with E-state index < -0.39 is 41.5 Å². The van der Waals surface area contributed by atoms with Crippen LogP contribution in [-0.2, 0) is 20.2 Å². The van der Waals surface area contributed by atoms with Crippen LogP contribution >= 0.6 is 0 Å². The van der Waals surface area contributed by atoms with Crippen LogP contribution < -0.4 is 5.73 Å². The molecular formula is C28H23N5O7S2. The van der Waals surface area contributed by atoms with Crippen LogP contribution in [0, 0.1) is 13.8 Å². The van der Waals surface area contributed by atoms with Crippen LogP contribution in [0.2, 0.25) is 0 Å². The van der Waals surface area contributed by atoms with Gasteiger partial charge in [-0.2, -0.15) is 21.9 Å². The van der Waals surface area contributed by atoms with Crippen LogP contribution in [0.25, 0.3) is 21.5 Å². The lowest BCUT2D eigenvalue weighted by Gasteiger charge is -2.14. The summed E-state index contributed by atoms with van der Waals surface area (Å²) < 4.78 is 68.9. The SMILES string of the molecule is Cc1ccccc1N=Nc1c(S(=O)(=O)O)cc2cc(C)c(N=Nc3ccc4ccccc4c3S(=O)(=O)O)c(O)c2c1N. The van der Waals surface area contributed by atoms with Crippen LogP contribution in [-0.4, -0.2) is 31.0 Å². The Hall–Kier alpha value is -4.76. The molecule has 12 nitrogen and oxygen atoms in total. The molecule has 0 saturated carbocycles. The highest BCUT2D eigenvalue weighted by Gasteiger charge is 2.25.